The molecular weight excluding hydrogens is 246 g/mol. The van der Waals surface area contributed by atoms with Crippen molar-refractivity contribution in [1.29, 1.82) is 0 Å². The van der Waals surface area contributed by atoms with E-state index in [4.69, 9.17) is 4.74 Å². The Morgan fingerprint density at radius 2 is 1.84 bits per heavy atom. The zero-order valence-corrected chi connectivity index (χ0v) is 11.5. The van der Waals surface area contributed by atoms with Crippen LogP contribution in [0.15, 0.2) is 24.3 Å². The van der Waals surface area contributed by atoms with E-state index in [9.17, 15) is 9.59 Å². The second kappa shape index (κ2) is 7.41. The number of esters is 1. The molecule has 0 radical (unpaired) electrons. The number of rotatable bonds is 6. The zero-order chi connectivity index (χ0) is 14.3. The highest BCUT2D eigenvalue weighted by atomic mass is 16.5. The van der Waals surface area contributed by atoms with Gasteiger partial charge in [-0.25, -0.2) is 0 Å². The summed E-state index contributed by atoms with van der Waals surface area (Å²) < 4.78 is 9.88. The summed E-state index contributed by atoms with van der Waals surface area (Å²) in [6.07, 6.45) is 0.184. The largest absolute Gasteiger partial charge is 0.484 e. The fraction of sp³-hybridized carbons (Fsp3) is 0.429. The van der Waals surface area contributed by atoms with Gasteiger partial charge in [-0.05, 0) is 19.1 Å². The van der Waals surface area contributed by atoms with Gasteiger partial charge in [-0.3, -0.25) is 9.59 Å². The number of carbonyl (C=O) groups excluding carboxylic acids is 2. The highest BCUT2D eigenvalue weighted by molar-refractivity contribution is 5.78. The molecule has 5 nitrogen and oxygen atoms in total. The highest BCUT2D eigenvalue weighted by Crippen LogP contribution is 2.11. The minimum absolute atomic E-state index is 0.0409. The predicted octanol–water partition coefficient (Wildman–Crippen LogP) is 1.40. The van der Waals surface area contributed by atoms with Crippen LogP contribution in [0.2, 0.25) is 0 Å². The van der Waals surface area contributed by atoms with Gasteiger partial charge in [0, 0.05) is 13.6 Å². The number of amides is 1. The standard InChI is InChI=1S/C14H19NO4/c1-11-4-6-12(7-5-11)19-10-13(16)15(2)9-8-14(17)18-3/h4-7H,8-10H2,1-3H3. The van der Waals surface area contributed by atoms with Crippen molar-refractivity contribution in [3.05, 3.63) is 29.8 Å². The lowest BCUT2D eigenvalue weighted by molar-refractivity contribution is -0.141. The van der Waals surface area contributed by atoms with Crippen LogP contribution in [0.1, 0.15) is 12.0 Å². The van der Waals surface area contributed by atoms with Crippen LogP contribution in [0, 0.1) is 6.92 Å². The Morgan fingerprint density at radius 3 is 2.42 bits per heavy atom. The van der Waals surface area contributed by atoms with E-state index in [1.54, 1.807) is 7.05 Å². The molecule has 0 bridgehead atoms. The first-order valence-electron chi connectivity index (χ1n) is 6.03. The molecule has 0 heterocycles. The van der Waals surface area contributed by atoms with Crippen molar-refractivity contribution in [2.75, 3.05) is 27.3 Å². The second-order valence-electron chi connectivity index (χ2n) is 4.24. The van der Waals surface area contributed by atoms with Gasteiger partial charge in [0.05, 0.1) is 13.5 Å². The lowest BCUT2D eigenvalue weighted by Crippen LogP contribution is -2.33. The van der Waals surface area contributed by atoms with E-state index >= 15 is 0 Å². The first kappa shape index (κ1) is 15.0. The zero-order valence-electron chi connectivity index (χ0n) is 11.5. The first-order chi connectivity index (χ1) is 9.02. The van der Waals surface area contributed by atoms with E-state index in [1.807, 2.05) is 31.2 Å². The lowest BCUT2D eigenvalue weighted by atomic mass is 10.2. The van der Waals surface area contributed by atoms with E-state index in [2.05, 4.69) is 4.74 Å². The Kier molecular flexibility index (Phi) is 5.85. The monoisotopic (exact) mass is 265 g/mol. The number of carbonyl (C=O) groups is 2. The van der Waals surface area contributed by atoms with E-state index in [0.717, 1.165) is 5.56 Å². The van der Waals surface area contributed by atoms with E-state index in [-0.39, 0.29) is 24.9 Å². The Hall–Kier alpha value is -2.04. The van der Waals surface area contributed by atoms with Gasteiger partial charge in [-0.15, -0.1) is 0 Å². The molecule has 104 valence electrons. The maximum atomic E-state index is 11.7. The molecule has 0 aliphatic carbocycles. The predicted molar refractivity (Wildman–Crippen MR) is 70.9 cm³/mol. The molecule has 19 heavy (non-hydrogen) atoms. The normalized spacial score (nSPS) is 9.84. The van der Waals surface area contributed by atoms with E-state index < -0.39 is 0 Å². The SMILES string of the molecule is COC(=O)CCN(C)C(=O)COc1ccc(C)cc1. The number of nitrogens with zero attached hydrogens (tertiary/aromatic N) is 1. The van der Waals surface area contributed by atoms with Gasteiger partial charge >= 0.3 is 5.97 Å². The Morgan fingerprint density at radius 1 is 1.21 bits per heavy atom. The van der Waals surface area contributed by atoms with Gasteiger partial charge in [0.15, 0.2) is 6.61 Å². The second-order valence-corrected chi connectivity index (χ2v) is 4.24. The van der Waals surface area contributed by atoms with Crippen LogP contribution >= 0.6 is 0 Å². The van der Waals surface area contributed by atoms with E-state index in [1.165, 1.54) is 12.0 Å². The number of likely N-dealkylation sites (N-methyl/N-ethyl adjacent to an activating group) is 1. The van der Waals surface area contributed by atoms with Crippen LogP contribution < -0.4 is 4.74 Å². The fourth-order valence-corrected chi connectivity index (χ4v) is 1.38. The molecule has 0 saturated carbocycles. The van der Waals surface area contributed by atoms with Crippen LogP contribution in [-0.2, 0) is 14.3 Å². The average molecular weight is 265 g/mol. The Labute approximate surface area is 113 Å². The minimum atomic E-state index is -0.334. The van der Waals surface area contributed by atoms with Gasteiger partial charge in [0.25, 0.3) is 5.91 Å². The number of ether oxygens (including phenoxy) is 2. The molecule has 0 aromatic heterocycles. The van der Waals surface area contributed by atoms with Crippen molar-refractivity contribution in [3.8, 4) is 5.75 Å². The Balaban J connectivity index is 2.34. The molecule has 1 aromatic rings. The number of methoxy groups -OCH3 is 1. The molecule has 0 spiro atoms. The molecular formula is C14H19NO4. The summed E-state index contributed by atoms with van der Waals surface area (Å²) in [5.41, 5.74) is 1.13. The number of hydrogen-bond acceptors (Lipinski definition) is 4. The van der Waals surface area contributed by atoms with Gasteiger partial charge in [-0.1, -0.05) is 17.7 Å². The molecule has 0 N–H and O–H groups in total. The molecule has 0 aliphatic rings. The quantitative estimate of drug-likeness (QED) is 0.729. The summed E-state index contributed by atoms with van der Waals surface area (Å²) in [4.78, 5) is 24.1. The van der Waals surface area contributed by atoms with Gasteiger partial charge in [0.1, 0.15) is 5.75 Å². The summed E-state index contributed by atoms with van der Waals surface area (Å²) in [5, 5.41) is 0. The molecule has 1 amide bonds. The molecule has 0 fully saturated rings. The van der Waals surface area contributed by atoms with Crippen molar-refractivity contribution in [3.63, 3.8) is 0 Å². The molecule has 0 saturated heterocycles. The summed E-state index contributed by atoms with van der Waals surface area (Å²) in [7, 11) is 2.95. The van der Waals surface area contributed by atoms with Crippen molar-refractivity contribution in [2.45, 2.75) is 13.3 Å². The smallest absolute Gasteiger partial charge is 0.307 e. The Bertz CT molecular complexity index is 428. The molecule has 0 unspecified atom stereocenters. The van der Waals surface area contributed by atoms with Gasteiger partial charge in [-0.2, -0.15) is 0 Å². The number of aryl methyl sites for hydroxylation is 1. The molecule has 0 aliphatic heterocycles. The number of benzene rings is 1. The molecule has 5 heteroatoms. The lowest BCUT2D eigenvalue weighted by Gasteiger charge is -2.16. The topological polar surface area (TPSA) is 55.8 Å². The fourth-order valence-electron chi connectivity index (χ4n) is 1.38. The third-order valence-corrected chi connectivity index (χ3v) is 2.69. The van der Waals surface area contributed by atoms with E-state index in [0.29, 0.717) is 12.3 Å². The summed E-state index contributed by atoms with van der Waals surface area (Å²) >= 11 is 0. The molecule has 1 rings (SSSR count). The summed E-state index contributed by atoms with van der Waals surface area (Å²) in [6.45, 7) is 2.26. The van der Waals surface area contributed by atoms with Crippen LogP contribution in [0.5, 0.6) is 5.75 Å². The first-order valence-corrected chi connectivity index (χ1v) is 6.03. The van der Waals surface area contributed by atoms with Gasteiger partial charge < -0.3 is 14.4 Å². The average Bonchev–Trinajstić information content (AvgIpc) is 2.43. The summed E-state index contributed by atoms with van der Waals surface area (Å²) in [5.74, 6) is 0.142. The minimum Gasteiger partial charge on any atom is -0.484 e. The van der Waals surface area contributed by atoms with Crippen molar-refractivity contribution >= 4 is 11.9 Å². The van der Waals surface area contributed by atoms with Crippen LogP contribution in [0.3, 0.4) is 0 Å². The van der Waals surface area contributed by atoms with Crippen molar-refractivity contribution in [1.82, 2.24) is 4.90 Å². The van der Waals surface area contributed by atoms with Crippen molar-refractivity contribution in [2.24, 2.45) is 0 Å². The van der Waals surface area contributed by atoms with Crippen LogP contribution in [0.25, 0.3) is 0 Å². The molecule has 0 atom stereocenters. The molecule has 1 aromatic carbocycles. The van der Waals surface area contributed by atoms with Gasteiger partial charge in [0.2, 0.25) is 0 Å². The maximum absolute atomic E-state index is 11.7. The third kappa shape index (κ3) is 5.42. The van der Waals surface area contributed by atoms with Crippen LogP contribution in [-0.4, -0.2) is 44.1 Å². The third-order valence-electron chi connectivity index (χ3n) is 2.69. The number of hydrogen-bond donors (Lipinski definition) is 0. The highest BCUT2D eigenvalue weighted by Gasteiger charge is 2.11. The van der Waals surface area contributed by atoms with Crippen molar-refractivity contribution < 1.29 is 19.1 Å². The maximum Gasteiger partial charge on any atom is 0.307 e. The van der Waals surface area contributed by atoms with Crippen LogP contribution in [0.4, 0.5) is 0 Å². The summed E-state index contributed by atoms with van der Waals surface area (Å²) in [6, 6.07) is 7.47.